The Morgan fingerprint density at radius 1 is 0.667 bits per heavy atom. The number of benzene rings is 3. The normalized spacial score (nSPS) is 16.0. The van der Waals surface area contributed by atoms with Gasteiger partial charge in [-0.2, -0.15) is 0 Å². The summed E-state index contributed by atoms with van der Waals surface area (Å²) < 4.78 is 25.2. The van der Waals surface area contributed by atoms with Gasteiger partial charge in [0, 0.05) is 32.7 Å². The van der Waals surface area contributed by atoms with Gasteiger partial charge in [0.25, 0.3) is 0 Å². The maximum Gasteiger partial charge on any atom is 0.179 e. The van der Waals surface area contributed by atoms with Crippen molar-refractivity contribution >= 4 is 9.84 Å². The van der Waals surface area contributed by atoms with Gasteiger partial charge in [0.1, 0.15) is 0 Å². The number of sulfone groups is 1. The highest BCUT2D eigenvalue weighted by Gasteiger charge is 2.27. The Morgan fingerprint density at radius 2 is 1.13 bits per heavy atom. The Hall–Kier alpha value is -2.47. The third kappa shape index (κ3) is 4.98. The van der Waals surface area contributed by atoms with E-state index in [1.54, 1.807) is 24.3 Å². The second kappa shape index (κ2) is 9.56. The van der Waals surface area contributed by atoms with Crippen molar-refractivity contribution in [1.82, 2.24) is 9.80 Å². The molecular formula is C25H28N2O2S. The highest BCUT2D eigenvalue weighted by molar-refractivity contribution is 7.91. The van der Waals surface area contributed by atoms with Crippen LogP contribution in [0.3, 0.4) is 0 Å². The first-order chi connectivity index (χ1) is 14.6. The van der Waals surface area contributed by atoms with Crippen LogP contribution in [0.4, 0.5) is 0 Å². The van der Waals surface area contributed by atoms with Crippen LogP contribution >= 0.6 is 0 Å². The highest BCUT2D eigenvalue weighted by atomic mass is 32.2. The summed E-state index contributed by atoms with van der Waals surface area (Å²) in [5, 5.41) is 0. The molecule has 0 spiro atoms. The zero-order valence-electron chi connectivity index (χ0n) is 17.1. The maximum atomic E-state index is 12.6. The van der Waals surface area contributed by atoms with E-state index in [0.29, 0.717) is 11.4 Å². The lowest BCUT2D eigenvalue weighted by molar-refractivity contribution is 0.114. The summed E-state index contributed by atoms with van der Waals surface area (Å²) in [4.78, 5) is 5.19. The van der Waals surface area contributed by atoms with Gasteiger partial charge >= 0.3 is 0 Å². The zero-order chi connectivity index (χ0) is 20.8. The fraction of sp³-hybridized carbons (Fsp3) is 0.280. The first-order valence-electron chi connectivity index (χ1n) is 10.5. The van der Waals surface area contributed by atoms with Crippen molar-refractivity contribution in [1.29, 1.82) is 0 Å². The molecule has 3 aromatic carbocycles. The summed E-state index contributed by atoms with van der Waals surface area (Å²) in [6.45, 7) is 4.16. The smallest absolute Gasteiger partial charge is 0.179 e. The molecule has 0 aliphatic carbocycles. The fourth-order valence-electron chi connectivity index (χ4n) is 4.12. The minimum Gasteiger partial charge on any atom is -0.300 e. The van der Waals surface area contributed by atoms with E-state index in [1.165, 1.54) is 11.1 Å². The van der Waals surface area contributed by atoms with E-state index in [9.17, 15) is 8.42 Å². The lowest BCUT2D eigenvalue weighted by Crippen LogP contribution is -2.48. The summed E-state index contributed by atoms with van der Waals surface area (Å²) in [6, 6.07) is 30.2. The second-order valence-corrected chi connectivity index (χ2v) is 9.84. The van der Waals surface area contributed by atoms with Gasteiger partial charge in [-0.3, -0.25) is 9.80 Å². The average molecular weight is 421 g/mol. The monoisotopic (exact) mass is 420 g/mol. The molecule has 0 saturated carbocycles. The molecular weight excluding hydrogens is 392 g/mol. The van der Waals surface area contributed by atoms with Crippen LogP contribution < -0.4 is 0 Å². The number of hydrogen-bond donors (Lipinski definition) is 0. The number of nitrogens with zero attached hydrogens (tertiary/aromatic N) is 2. The Bertz CT molecular complexity index is 977. The van der Waals surface area contributed by atoms with E-state index >= 15 is 0 Å². The molecule has 0 N–H and O–H groups in total. The molecule has 4 rings (SSSR count). The van der Waals surface area contributed by atoms with Gasteiger partial charge in [-0.15, -0.1) is 0 Å². The van der Waals surface area contributed by atoms with Crippen LogP contribution in [0.5, 0.6) is 0 Å². The number of rotatable bonds is 7. The minimum absolute atomic E-state index is 0.164. The number of hydrogen-bond acceptors (Lipinski definition) is 4. The van der Waals surface area contributed by atoms with E-state index in [0.717, 1.165) is 26.2 Å². The first-order valence-corrected chi connectivity index (χ1v) is 12.1. The molecule has 1 saturated heterocycles. The van der Waals surface area contributed by atoms with Gasteiger partial charge in [0.15, 0.2) is 9.84 Å². The van der Waals surface area contributed by atoms with Crippen molar-refractivity contribution in [3.05, 3.63) is 102 Å². The topological polar surface area (TPSA) is 40.6 Å². The summed E-state index contributed by atoms with van der Waals surface area (Å²) in [5.74, 6) is 0.164. The molecule has 0 amide bonds. The SMILES string of the molecule is O=S(=O)(CCN1CCN(C(c2ccccc2)c2ccccc2)CC1)c1ccccc1. The molecule has 5 heteroatoms. The van der Waals surface area contributed by atoms with Gasteiger partial charge in [0.2, 0.25) is 0 Å². The van der Waals surface area contributed by atoms with Gasteiger partial charge < -0.3 is 0 Å². The Balaban J connectivity index is 1.40. The third-order valence-corrected chi connectivity index (χ3v) is 7.49. The molecule has 3 aromatic rings. The van der Waals surface area contributed by atoms with Crippen LogP contribution in [0.25, 0.3) is 0 Å². The number of piperazine rings is 1. The lowest BCUT2D eigenvalue weighted by Gasteiger charge is -2.39. The molecule has 0 unspecified atom stereocenters. The molecule has 1 aliphatic heterocycles. The largest absolute Gasteiger partial charge is 0.300 e. The van der Waals surface area contributed by atoms with Crippen LogP contribution in [0.2, 0.25) is 0 Å². The van der Waals surface area contributed by atoms with E-state index < -0.39 is 9.84 Å². The Labute approximate surface area is 179 Å². The van der Waals surface area contributed by atoms with Crippen molar-refractivity contribution in [2.75, 3.05) is 38.5 Å². The van der Waals surface area contributed by atoms with Crippen molar-refractivity contribution in [3.63, 3.8) is 0 Å². The molecule has 1 aliphatic rings. The lowest BCUT2D eigenvalue weighted by atomic mass is 9.96. The molecule has 30 heavy (non-hydrogen) atoms. The van der Waals surface area contributed by atoms with Gasteiger partial charge in [-0.25, -0.2) is 8.42 Å². The van der Waals surface area contributed by atoms with Gasteiger partial charge in [0.05, 0.1) is 16.7 Å². The molecule has 4 nitrogen and oxygen atoms in total. The van der Waals surface area contributed by atoms with Crippen LogP contribution in [-0.2, 0) is 9.84 Å². The van der Waals surface area contributed by atoms with Crippen molar-refractivity contribution in [2.45, 2.75) is 10.9 Å². The maximum absolute atomic E-state index is 12.6. The fourth-order valence-corrected chi connectivity index (χ4v) is 5.43. The van der Waals surface area contributed by atoms with E-state index in [2.05, 4.69) is 70.5 Å². The molecule has 0 radical (unpaired) electrons. The van der Waals surface area contributed by atoms with Crippen molar-refractivity contribution in [3.8, 4) is 0 Å². The first kappa shape index (κ1) is 20.8. The second-order valence-electron chi connectivity index (χ2n) is 7.73. The third-order valence-electron chi connectivity index (χ3n) is 5.78. The van der Waals surface area contributed by atoms with Gasteiger partial charge in [-0.1, -0.05) is 78.9 Å². The standard InChI is InChI=1S/C25H28N2O2S/c28-30(29,24-14-8-3-9-15-24)21-20-26-16-18-27(19-17-26)25(22-10-4-1-5-11-22)23-12-6-2-7-13-23/h1-15,25H,16-21H2. The van der Waals surface area contributed by atoms with Crippen molar-refractivity contribution < 1.29 is 8.42 Å². The minimum atomic E-state index is -3.23. The average Bonchev–Trinajstić information content (AvgIpc) is 2.81. The van der Waals surface area contributed by atoms with Crippen LogP contribution in [0.15, 0.2) is 95.9 Å². The Kier molecular flexibility index (Phi) is 6.62. The summed E-state index contributed by atoms with van der Waals surface area (Å²) in [7, 11) is -3.23. The highest BCUT2D eigenvalue weighted by Crippen LogP contribution is 2.29. The van der Waals surface area contributed by atoms with Gasteiger partial charge in [-0.05, 0) is 23.3 Å². The zero-order valence-corrected chi connectivity index (χ0v) is 17.9. The quantitative estimate of drug-likeness (QED) is 0.582. The van der Waals surface area contributed by atoms with Crippen LogP contribution in [-0.4, -0.2) is 56.7 Å². The van der Waals surface area contributed by atoms with Crippen LogP contribution in [0, 0.1) is 0 Å². The molecule has 0 bridgehead atoms. The van der Waals surface area contributed by atoms with E-state index in [4.69, 9.17) is 0 Å². The molecule has 0 atom stereocenters. The summed E-state index contributed by atoms with van der Waals surface area (Å²) in [5.41, 5.74) is 2.59. The molecule has 0 aromatic heterocycles. The van der Waals surface area contributed by atoms with Crippen LogP contribution in [0.1, 0.15) is 17.2 Å². The molecule has 156 valence electrons. The van der Waals surface area contributed by atoms with Crippen molar-refractivity contribution in [2.24, 2.45) is 0 Å². The Morgan fingerprint density at radius 3 is 1.63 bits per heavy atom. The molecule has 1 fully saturated rings. The van der Waals surface area contributed by atoms with E-state index in [-0.39, 0.29) is 11.8 Å². The molecule has 1 heterocycles. The summed E-state index contributed by atoms with van der Waals surface area (Å²) >= 11 is 0. The summed E-state index contributed by atoms with van der Waals surface area (Å²) in [6.07, 6.45) is 0. The predicted octanol–water partition coefficient (Wildman–Crippen LogP) is 3.87. The predicted molar refractivity (Wildman–Crippen MR) is 121 cm³/mol. The van der Waals surface area contributed by atoms with E-state index in [1.807, 2.05) is 6.07 Å².